The Hall–Kier alpha value is -1.89. The first-order valence-electron chi connectivity index (χ1n) is 6.54. The number of amides is 1. The zero-order chi connectivity index (χ0) is 16.5. The molecule has 2 aromatic rings. The van der Waals surface area contributed by atoms with Crippen molar-refractivity contribution in [1.29, 1.82) is 0 Å². The standard InChI is InChI=1S/C15H15F3N2OS/c1-9-13(22-10(2)19-9)14(21)20(3)8-11-4-6-12(7-5-11)15(16,17)18/h4-7H,8H2,1-3H3. The summed E-state index contributed by atoms with van der Waals surface area (Å²) in [5.74, 6) is -0.178. The molecule has 0 N–H and O–H groups in total. The van der Waals surface area contributed by atoms with E-state index in [4.69, 9.17) is 0 Å². The van der Waals surface area contributed by atoms with Gasteiger partial charge in [-0.25, -0.2) is 4.98 Å². The number of thiazole rings is 1. The molecule has 3 nitrogen and oxygen atoms in total. The van der Waals surface area contributed by atoms with Crippen molar-refractivity contribution in [3.63, 3.8) is 0 Å². The van der Waals surface area contributed by atoms with Crippen molar-refractivity contribution in [3.05, 3.63) is 51.0 Å². The Balaban J connectivity index is 2.10. The first-order valence-corrected chi connectivity index (χ1v) is 7.35. The minimum absolute atomic E-state index is 0.178. The Bertz CT molecular complexity index is 677. The molecule has 118 valence electrons. The van der Waals surface area contributed by atoms with Gasteiger partial charge in [0.1, 0.15) is 4.88 Å². The maximum absolute atomic E-state index is 12.5. The van der Waals surface area contributed by atoms with Gasteiger partial charge in [0.2, 0.25) is 0 Å². The highest BCUT2D eigenvalue weighted by Crippen LogP contribution is 2.29. The summed E-state index contributed by atoms with van der Waals surface area (Å²) in [7, 11) is 1.62. The van der Waals surface area contributed by atoms with Crippen LogP contribution in [-0.2, 0) is 12.7 Å². The lowest BCUT2D eigenvalue weighted by atomic mass is 10.1. The molecule has 0 spiro atoms. The van der Waals surface area contributed by atoms with Crippen molar-refractivity contribution in [3.8, 4) is 0 Å². The van der Waals surface area contributed by atoms with Crippen LogP contribution in [0.25, 0.3) is 0 Å². The molecule has 0 bridgehead atoms. The quantitative estimate of drug-likeness (QED) is 0.851. The number of nitrogens with zero attached hydrogens (tertiary/aromatic N) is 2. The van der Waals surface area contributed by atoms with Crippen molar-refractivity contribution >= 4 is 17.2 Å². The number of aromatic nitrogens is 1. The highest BCUT2D eigenvalue weighted by atomic mass is 32.1. The summed E-state index contributed by atoms with van der Waals surface area (Å²) in [6.07, 6.45) is -4.35. The van der Waals surface area contributed by atoms with E-state index < -0.39 is 11.7 Å². The number of rotatable bonds is 3. The van der Waals surface area contributed by atoms with Gasteiger partial charge < -0.3 is 4.90 Å². The van der Waals surface area contributed by atoms with Gasteiger partial charge in [0.05, 0.1) is 16.3 Å². The largest absolute Gasteiger partial charge is 0.416 e. The second-order valence-corrected chi connectivity index (χ2v) is 6.21. The summed E-state index contributed by atoms with van der Waals surface area (Å²) in [5, 5.41) is 0.809. The lowest BCUT2D eigenvalue weighted by molar-refractivity contribution is -0.137. The summed E-state index contributed by atoms with van der Waals surface area (Å²) in [5.41, 5.74) is 0.619. The molecule has 2 rings (SSSR count). The fourth-order valence-electron chi connectivity index (χ4n) is 2.05. The van der Waals surface area contributed by atoms with E-state index in [1.807, 2.05) is 6.92 Å². The molecule has 0 aliphatic rings. The Morgan fingerprint density at radius 1 is 1.23 bits per heavy atom. The molecule has 1 amide bonds. The predicted octanol–water partition coefficient (Wildman–Crippen LogP) is 4.05. The van der Waals surface area contributed by atoms with Crippen molar-refractivity contribution in [2.75, 3.05) is 7.05 Å². The highest BCUT2D eigenvalue weighted by Gasteiger charge is 2.30. The molecular formula is C15H15F3N2OS. The molecule has 1 aromatic carbocycles. The molecule has 0 aliphatic heterocycles. The molecule has 0 aliphatic carbocycles. The number of halogens is 3. The molecule has 7 heteroatoms. The minimum Gasteiger partial charge on any atom is -0.337 e. The monoisotopic (exact) mass is 328 g/mol. The van der Waals surface area contributed by atoms with Crippen molar-refractivity contribution < 1.29 is 18.0 Å². The van der Waals surface area contributed by atoms with E-state index in [-0.39, 0.29) is 12.5 Å². The van der Waals surface area contributed by atoms with Crippen LogP contribution in [0.2, 0.25) is 0 Å². The van der Waals surface area contributed by atoms with Crippen LogP contribution in [0, 0.1) is 13.8 Å². The molecule has 0 radical (unpaired) electrons. The summed E-state index contributed by atoms with van der Waals surface area (Å²) in [6.45, 7) is 3.83. The van der Waals surface area contributed by atoms with Gasteiger partial charge in [-0.2, -0.15) is 13.2 Å². The second-order valence-electron chi connectivity index (χ2n) is 5.00. The van der Waals surface area contributed by atoms with Crippen LogP contribution in [0.15, 0.2) is 24.3 Å². The van der Waals surface area contributed by atoms with E-state index in [0.717, 1.165) is 17.1 Å². The van der Waals surface area contributed by atoms with E-state index in [1.165, 1.54) is 28.4 Å². The third-order valence-corrected chi connectivity index (χ3v) is 4.21. The van der Waals surface area contributed by atoms with Crippen molar-refractivity contribution in [1.82, 2.24) is 9.88 Å². The van der Waals surface area contributed by atoms with Crippen LogP contribution in [0.5, 0.6) is 0 Å². The first kappa shape index (κ1) is 16.5. The highest BCUT2D eigenvalue weighted by molar-refractivity contribution is 7.13. The molecule has 0 unspecified atom stereocenters. The number of hydrogen-bond acceptors (Lipinski definition) is 3. The van der Waals surface area contributed by atoms with Crippen LogP contribution in [0.3, 0.4) is 0 Å². The normalized spacial score (nSPS) is 11.5. The third kappa shape index (κ3) is 3.65. The summed E-state index contributed by atoms with van der Waals surface area (Å²) in [4.78, 5) is 18.6. The Morgan fingerprint density at radius 3 is 2.27 bits per heavy atom. The third-order valence-electron chi connectivity index (χ3n) is 3.15. The fourth-order valence-corrected chi connectivity index (χ4v) is 2.96. The molecule has 0 saturated heterocycles. The number of benzene rings is 1. The maximum Gasteiger partial charge on any atom is 0.416 e. The number of aryl methyl sites for hydroxylation is 2. The number of carbonyl (C=O) groups excluding carboxylic acids is 1. The van der Waals surface area contributed by atoms with Crippen LogP contribution >= 0.6 is 11.3 Å². The molecule has 0 atom stereocenters. The van der Waals surface area contributed by atoms with Crippen molar-refractivity contribution in [2.24, 2.45) is 0 Å². The van der Waals surface area contributed by atoms with E-state index in [2.05, 4.69) is 4.98 Å². The minimum atomic E-state index is -4.35. The van der Waals surface area contributed by atoms with Gasteiger partial charge in [-0.1, -0.05) is 12.1 Å². The Kier molecular flexibility index (Phi) is 4.55. The summed E-state index contributed by atoms with van der Waals surface area (Å²) < 4.78 is 37.5. The van der Waals surface area contributed by atoms with Gasteiger partial charge >= 0.3 is 6.18 Å². The van der Waals surface area contributed by atoms with Gasteiger partial charge in [-0.3, -0.25) is 4.79 Å². The average Bonchev–Trinajstić information content (AvgIpc) is 2.76. The summed E-state index contributed by atoms with van der Waals surface area (Å²) in [6, 6.07) is 4.82. The molecule has 0 fully saturated rings. The van der Waals surface area contributed by atoms with E-state index >= 15 is 0 Å². The van der Waals surface area contributed by atoms with Gasteiger partial charge in [0.25, 0.3) is 5.91 Å². The SMILES string of the molecule is Cc1nc(C)c(C(=O)N(C)Cc2ccc(C(F)(F)F)cc2)s1. The van der Waals surface area contributed by atoms with Crippen LogP contribution in [0.1, 0.15) is 31.5 Å². The summed E-state index contributed by atoms with van der Waals surface area (Å²) >= 11 is 1.32. The van der Waals surface area contributed by atoms with E-state index in [1.54, 1.807) is 14.0 Å². The number of alkyl halides is 3. The van der Waals surface area contributed by atoms with Gasteiger partial charge in [-0.05, 0) is 31.5 Å². The van der Waals surface area contributed by atoms with Gasteiger partial charge in [0, 0.05) is 13.6 Å². The smallest absolute Gasteiger partial charge is 0.337 e. The van der Waals surface area contributed by atoms with Crippen LogP contribution in [-0.4, -0.2) is 22.8 Å². The molecule has 1 heterocycles. The second kappa shape index (κ2) is 6.08. The molecule has 22 heavy (non-hydrogen) atoms. The number of carbonyl (C=O) groups is 1. The van der Waals surface area contributed by atoms with Crippen LogP contribution in [0.4, 0.5) is 13.2 Å². The molecular weight excluding hydrogens is 313 g/mol. The first-order chi connectivity index (χ1) is 10.2. The number of hydrogen-bond donors (Lipinski definition) is 0. The fraction of sp³-hybridized carbons (Fsp3) is 0.333. The predicted molar refractivity (Wildman–Crippen MR) is 78.8 cm³/mol. The zero-order valence-electron chi connectivity index (χ0n) is 12.4. The van der Waals surface area contributed by atoms with Crippen LogP contribution < -0.4 is 0 Å². The Labute approximate surface area is 130 Å². The maximum atomic E-state index is 12.5. The Morgan fingerprint density at radius 2 is 1.82 bits per heavy atom. The lowest BCUT2D eigenvalue weighted by Crippen LogP contribution is -2.26. The average molecular weight is 328 g/mol. The van der Waals surface area contributed by atoms with E-state index in [0.29, 0.717) is 16.1 Å². The van der Waals surface area contributed by atoms with Crippen molar-refractivity contribution in [2.45, 2.75) is 26.6 Å². The van der Waals surface area contributed by atoms with Gasteiger partial charge in [-0.15, -0.1) is 11.3 Å². The zero-order valence-corrected chi connectivity index (χ0v) is 13.2. The molecule has 1 aromatic heterocycles. The lowest BCUT2D eigenvalue weighted by Gasteiger charge is -2.17. The van der Waals surface area contributed by atoms with E-state index in [9.17, 15) is 18.0 Å². The molecule has 0 saturated carbocycles. The van der Waals surface area contributed by atoms with Gasteiger partial charge in [0.15, 0.2) is 0 Å². The topological polar surface area (TPSA) is 33.2 Å².